The van der Waals surface area contributed by atoms with E-state index < -0.39 is 0 Å². The van der Waals surface area contributed by atoms with Gasteiger partial charge < -0.3 is 10.6 Å². The zero-order chi connectivity index (χ0) is 11.7. The van der Waals surface area contributed by atoms with Gasteiger partial charge in [-0.2, -0.15) is 4.98 Å². The van der Waals surface area contributed by atoms with Crippen molar-refractivity contribution in [2.75, 3.05) is 23.7 Å². The third-order valence-corrected chi connectivity index (χ3v) is 3.21. The van der Waals surface area contributed by atoms with Crippen LogP contribution >= 0.6 is 11.6 Å². The topological polar surface area (TPSA) is 55.0 Å². The third kappa shape index (κ3) is 2.21. The number of nitrogens with two attached hydrogens (primary N) is 1. The normalized spacial score (nSPS) is 21.2. The molecule has 5 heteroatoms. The minimum Gasteiger partial charge on any atom is -0.394 e. The zero-order valence-electron chi connectivity index (χ0n) is 9.70. The molecule has 0 aliphatic carbocycles. The Balaban J connectivity index is 2.32. The predicted molar refractivity (Wildman–Crippen MR) is 66.8 cm³/mol. The van der Waals surface area contributed by atoms with Crippen LogP contribution in [-0.4, -0.2) is 23.1 Å². The van der Waals surface area contributed by atoms with E-state index in [0.29, 0.717) is 11.6 Å². The number of aromatic nitrogens is 2. The first-order valence-corrected chi connectivity index (χ1v) is 6.00. The molecule has 1 aliphatic heterocycles. The summed E-state index contributed by atoms with van der Waals surface area (Å²) in [7, 11) is 0. The summed E-state index contributed by atoms with van der Waals surface area (Å²) in [6, 6.07) is 0. The van der Waals surface area contributed by atoms with Crippen LogP contribution in [0.2, 0.25) is 5.28 Å². The van der Waals surface area contributed by atoms with Gasteiger partial charge in [-0.1, -0.05) is 6.92 Å². The molecule has 4 nitrogen and oxygen atoms in total. The van der Waals surface area contributed by atoms with Gasteiger partial charge >= 0.3 is 0 Å². The lowest BCUT2D eigenvalue weighted by Gasteiger charge is -2.32. The first kappa shape index (κ1) is 11.5. The molecule has 2 N–H and O–H groups in total. The average Bonchev–Trinajstić information content (AvgIpc) is 2.23. The molecule has 1 saturated heterocycles. The summed E-state index contributed by atoms with van der Waals surface area (Å²) in [5.41, 5.74) is 7.41. The van der Waals surface area contributed by atoms with E-state index in [9.17, 15) is 0 Å². The number of aryl methyl sites for hydroxylation is 1. The lowest BCUT2D eigenvalue weighted by Crippen LogP contribution is -2.35. The fourth-order valence-electron chi connectivity index (χ4n) is 2.16. The highest BCUT2D eigenvalue weighted by atomic mass is 35.5. The van der Waals surface area contributed by atoms with Gasteiger partial charge in [0.15, 0.2) is 5.82 Å². The molecule has 1 atom stereocenters. The highest BCUT2D eigenvalue weighted by Gasteiger charge is 2.21. The molecule has 2 rings (SSSR count). The molecule has 0 saturated carbocycles. The van der Waals surface area contributed by atoms with E-state index in [1.807, 2.05) is 6.92 Å². The molecule has 1 aromatic rings. The van der Waals surface area contributed by atoms with Crippen LogP contribution in [0.5, 0.6) is 0 Å². The highest BCUT2D eigenvalue weighted by molar-refractivity contribution is 6.28. The monoisotopic (exact) mass is 240 g/mol. The van der Waals surface area contributed by atoms with E-state index in [0.717, 1.165) is 24.6 Å². The van der Waals surface area contributed by atoms with Crippen LogP contribution in [-0.2, 0) is 0 Å². The van der Waals surface area contributed by atoms with Crippen LogP contribution in [0.25, 0.3) is 0 Å². The second-order valence-electron chi connectivity index (χ2n) is 4.51. The van der Waals surface area contributed by atoms with Crippen LogP contribution in [0.4, 0.5) is 11.5 Å². The summed E-state index contributed by atoms with van der Waals surface area (Å²) in [5.74, 6) is 1.48. The molecule has 88 valence electrons. The zero-order valence-corrected chi connectivity index (χ0v) is 10.5. The van der Waals surface area contributed by atoms with E-state index >= 15 is 0 Å². The molecule has 16 heavy (non-hydrogen) atoms. The maximum Gasteiger partial charge on any atom is 0.224 e. The summed E-state index contributed by atoms with van der Waals surface area (Å²) in [6.07, 6.45) is 2.45. The number of hydrogen-bond acceptors (Lipinski definition) is 4. The van der Waals surface area contributed by atoms with E-state index in [1.165, 1.54) is 12.8 Å². The Morgan fingerprint density at radius 3 is 2.88 bits per heavy atom. The minimum atomic E-state index is 0.278. The molecule has 1 unspecified atom stereocenters. The fourth-order valence-corrected chi connectivity index (χ4v) is 2.36. The Bertz CT molecular complexity index is 394. The van der Waals surface area contributed by atoms with Crippen LogP contribution < -0.4 is 10.6 Å². The number of halogens is 1. The van der Waals surface area contributed by atoms with Crippen molar-refractivity contribution in [1.29, 1.82) is 0 Å². The highest BCUT2D eigenvalue weighted by Crippen LogP contribution is 2.28. The summed E-state index contributed by atoms with van der Waals surface area (Å²) in [4.78, 5) is 10.5. The molecule has 0 aromatic carbocycles. The third-order valence-electron chi connectivity index (χ3n) is 3.05. The smallest absolute Gasteiger partial charge is 0.224 e. The Hall–Kier alpha value is -1.03. The van der Waals surface area contributed by atoms with Gasteiger partial charge in [-0.15, -0.1) is 0 Å². The van der Waals surface area contributed by atoms with Crippen molar-refractivity contribution in [2.24, 2.45) is 5.92 Å². The summed E-state index contributed by atoms with van der Waals surface area (Å²) < 4.78 is 0. The number of hydrogen-bond donors (Lipinski definition) is 1. The predicted octanol–water partition coefficient (Wildman–Crippen LogP) is 2.26. The Morgan fingerprint density at radius 1 is 1.44 bits per heavy atom. The van der Waals surface area contributed by atoms with Gasteiger partial charge in [0, 0.05) is 13.1 Å². The molecule has 0 bridgehead atoms. The van der Waals surface area contributed by atoms with E-state index in [2.05, 4.69) is 21.8 Å². The van der Waals surface area contributed by atoms with Gasteiger partial charge in [-0.25, -0.2) is 4.98 Å². The second kappa shape index (κ2) is 4.45. The van der Waals surface area contributed by atoms with Gasteiger partial charge in [0.05, 0.1) is 11.4 Å². The largest absolute Gasteiger partial charge is 0.394 e. The Morgan fingerprint density at radius 2 is 2.19 bits per heavy atom. The summed E-state index contributed by atoms with van der Waals surface area (Å²) >= 11 is 5.87. The van der Waals surface area contributed by atoms with Crippen molar-refractivity contribution in [2.45, 2.75) is 26.7 Å². The standard InChI is InChI=1S/C11H17ClN4/c1-7-4-3-5-16(6-7)10-9(13)8(2)14-11(12)15-10/h7H,3-6,13H2,1-2H3. The van der Waals surface area contributed by atoms with Crippen molar-refractivity contribution in [3.63, 3.8) is 0 Å². The van der Waals surface area contributed by atoms with E-state index in [1.54, 1.807) is 0 Å². The van der Waals surface area contributed by atoms with Crippen LogP contribution in [0, 0.1) is 12.8 Å². The van der Waals surface area contributed by atoms with E-state index in [-0.39, 0.29) is 5.28 Å². The van der Waals surface area contributed by atoms with Crippen LogP contribution in [0.15, 0.2) is 0 Å². The van der Waals surface area contributed by atoms with Gasteiger partial charge in [-0.3, -0.25) is 0 Å². The lowest BCUT2D eigenvalue weighted by atomic mass is 10.0. The molecule has 1 fully saturated rings. The molecular formula is C11H17ClN4. The van der Waals surface area contributed by atoms with Crippen LogP contribution in [0.1, 0.15) is 25.5 Å². The molecule has 0 spiro atoms. The van der Waals surface area contributed by atoms with Crippen molar-refractivity contribution in [3.05, 3.63) is 11.0 Å². The molecule has 1 aliphatic rings. The molecule has 2 heterocycles. The fraction of sp³-hybridized carbons (Fsp3) is 0.636. The van der Waals surface area contributed by atoms with Crippen molar-refractivity contribution >= 4 is 23.1 Å². The number of rotatable bonds is 1. The molecular weight excluding hydrogens is 224 g/mol. The number of anilines is 2. The Kier molecular flexibility index (Phi) is 3.19. The van der Waals surface area contributed by atoms with Crippen molar-refractivity contribution in [3.8, 4) is 0 Å². The van der Waals surface area contributed by atoms with Crippen LogP contribution in [0.3, 0.4) is 0 Å². The molecule has 0 amide bonds. The average molecular weight is 241 g/mol. The Labute approximate surface area is 101 Å². The van der Waals surface area contributed by atoms with Crippen molar-refractivity contribution < 1.29 is 0 Å². The quantitative estimate of drug-likeness (QED) is 0.765. The summed E-state index contributed by atoms with van der Waals surface area (Å²) in [6.45, 7) is 6.11. The summed E-state index contributed by atoms with van der Waals surface area (Å²) in [5, 5.41) is 0.278. The van der Waals surface area contributed by atoms with E-state index in [4.69, 9.17) is 17.3 Å². The first-order valence-electron chi connectivity index (χ1n) is 5.62. The SMILES string of the molecule is Cc1nc(Cl)nc(N2CCCC(C)C2)c1N. The minimum absolute atomic E-state index is 0.278. The first-order chi connectivity index (χ1) is 7.58. The van der Waals surface area contributed by atoms with Gasteiger partial charge in [0.2, 0.25) is 5.28 Å². The van der Waals surface area contributed by atoms with Gasteiger partial charge in [0.25, 0.3) is 0 Å². The molecule has 0 radical (unpaired) electrons. The molecule has 1 aromatic heterocycles. The maximum absolute atomic E-state index is 6.00. The van der Waals surface area contributed by atoms with Gasteiger partial charge in [-0.05, 0) is 37.3 Å². The number of nitrogens with zero attached hydrogens (tertiary/aromatic N) is 3. The maximum atomic E-state index is 6.00. The number of piperidine rings is 1. The number of nitrogen functional groups attached to an aromatic ring is 1. The lowest BCUT2D eigenvalue weighted by molar-refractivity contribution is 0.444. The second-order valence-corrected chi connectivity index (χ2v) is 4.85. The van der Waals surface area contributed by atoms with Crippen molar-refractivity contribution in [1.82, 2.24) is 9.97 Å². The van der Waals surface area contributed by atoms with Gasteiger partial charge in [0.1, 0.15) is 0 Å².